The molecular weight excluding hydrogens is 235 g/mol. The Labute approximate surface area is 106 Å². The normalized spacial score (nSPS) is 19.3. The molecule has 0 aliphatic carbocycles. The van der Waals surface area contributed by atoms with Crippen LogP contribution in [0.4, 0.5) is 10.1 Å². The number of piperidine rings is 1. The van der Waals surface area contributed by atoms with Gasteiger partial charge in [-0.25, -0.2) is 4.39 Å². The van der Waals surface area contributed by atoms with Crippen LogP contribution < -0.4 is 15.4 Å². The summed E-state index contributed by atoms with van der Waals surface area (Å²) in [5.74, 6) is -0.352. The fourth-order valence-electron chi connectivity index (χ4n) is 2.06. The zero-order valence-corrected chi connectivity index (χ0v) is 10.3. The molecule has 1 aromatic carbocycles. The van der Waals surface area contributed by atoms with Crippen LogP contribution in [0.5, 0.6) is 5.75 Å². The van der Waals surface area contributed by atoms with E-state index in [1.165, 1.54) is 25.3 Å². The number of methoxy groups -OCH3 is 1. The minimum atomic E-state index is -0.435. The molecule has 2 N–H and O–H groups in total. The van der Waals surface area contributed by atoms with E-state index in [0.717, 1.165) is 19.4 Å². The molecule has 18 heavy (non-hydrogen) atoms. The quantitative estimate of drug-likeness (QED) is 0.862. The number of hydrogen-bond acceptors (Lipinski definition) is 3. The van der Waals surface area contributed by atoms with Crippen LogP contribution >= 0.6 is 0 Å². The van der Waals surface area contributed by atoms with Crippen LogP contribution in [0.2, 0.25) is 0 Å². The van der Waals surface area contributed by atoms with Gasteiger partial charge in [-0.2, -0.15) is 0 Å². The highest BCUT2D eigenvalue weighted by molar-refractivity contribution is 5.92. The topological polar surface area (TPSA) is 50.4 Å². The van der Waals surface area contributed by atoms with Crippen molar-refractivity contribution in [2.75, 3.05) is 25.5 Å². The number of carbonyl (C=O) groups is 1. The molecule has 2 rings (SSSR count). The van der Waals surface area contributed by atoms with Gasteiger partial charge in [0.2, 0.25) is 5.91 Å². The molecule has 0 bridgehead atoms. The largest absolute Gasteiger partial charge is 0.494 e. The van der Waals surface area contributed by atoms with E-state index in [1.54, 1.807) is 0 Å². The molecule has 1 aromatic rings. The molecule has 1 heterocycles. The van der Waals surface area contributed by atoms with E-state index in [9.17, 15) is 9.18 Å². The molecule has 1 saturated heterocycles. The monoisotopic (exact) mass is 252 g/mol. The Balaban J connectivity index is 2.02. The minimum Gasteiger partial charge on any atom is -0.494 e. The maximum atomic E-state index is 13.2. The molecule has 1 atom stereocenters. The van der Waals surface area contributed by atoms with E-state index in [0.29, 0.717) is 12.2 Å². The van der Waals surface area contributed by atoms with Crippen molar-refractivity contribution >= 4 is 11.6 Å². The van der Waals surface area contributed by atoms with E-state index in [2.05, 4.69) is 10.6 Å². The molecule has 1 aliphatic rings. The Morgan fingerprint density at radius 1 is 1.56 bits per heavy atom. The molecular formula is C13H17FN2O2. The number of anilines is 1. The van der Waals surface area contributed by atoms with Gasteiger partial charge in [0.1, 0.15) is 0 Å². The van der Waals surface area contributed by atoms with Gasteiger partial charge in [0.05, 0.1) is 13.0 Å². The number of halogens is 1. The molecule has 5 heteroatoms. The summed E-state index contributed by atoms with van der Waals surface area (Å²) in [5.41, 5.74) is 0.559. The predicted octanol–water partition coefficient (Wildman–Crippen LogP) is 1.77. The predicted molar refractivity (Wildman–Crippen MR) is 67.2 cm³/mol. The first-order chi connectivity index (χ1) is 8.70. The summed E-state index contributed by atoms with van der Waals surface area (Å²) < 4.78 is 18.1. The van der Waals surface area contributed by atoms with Gasteiger partial charge in [-0.1, -0.05) is 0 Å². The van der Waals surface area contributed by atoms with Crippen molar-refractivity contribution in [3.05, 3.63) is 24.0 Å². The van der Waals surface area contributed by atoms with Crippen molar-refractivity contribution in [2.45, 2.75) is 12.8 Å². The van der Waals surface area contributed by atoms with Gasteiger partial charge >= 0.3 is 0 Å². The Morgan fingerprint density at radius 3 is 3.06 bits per heavy atom. The molecule has 1 unspecified atom stereocenters. The summed E-state index contributed by atoms with van der Waals surface area (Å²) in [6.07, 6.45) is 1.89. The van der Waals surface area contributed by atoms with Crippen molar-refractivity contribution < 1.29 is 13.9 Å². The van der Waals surface area contributed by atoms with Crippen molar-refractivity contribution in [3.63, 3.8) is 0 Å². The highest BCUT2D eigenvalue weighted by Gasteiger charge is 2.21. The first kappa shape index (κ1) is 12.8. The Kier molecular flexibility index (Phi) is 4.15. The average molecular weight is 252 g/mol. The molecule has 0 radical (unpaired) electrons. The van der Waals surface area contributed by atoms with Gasteiger partial charge in [-0.05, 0) is 31.5 Å². The lowest BCUT2D eigenvalue weighted by Crippen LogP contribution is -2.37. The molecule has 98 valence electrons. The van der Waals surface area contributed by atoms with Crippen molar-refractivity contribution in [2.24, 2.45) is 5.92 Å². The van der Waals surface area contributed by atoms with Crippen LogP contribution in [0.25, 0.3) is 0 Å². The van der Waals surface area contributed by atoms with E-state index < -0.39 is 5.82 Å². The summed E-state index contributed by atoms with van der Waals surface area (Å²) >= 11 is 0. The first-order valence-electron chi connectivity index (χ1n) is 6.06. The maximum Gasteiger partial charge on any atom is 0.228 e. The van der Waals surface area contributed by atoms with Crippen LogP contribution in [-0.4, -0.2) is 26.1 Å². The van der Waals surface area contributed by atoms with E-state index in [-0.39, 0.29) is 17.6 Å². The van der Waals surface area contributed by atoms with Crippen LogP contribution in [0.15, 0.2) is 18.2 Å². The molecule has 1 fully saturated rings. The number of ether oxygens (including phenoxy) is 1. The van der Waals surface area contributed by atoms with Gasteiger partial charge < -0.3 is 15.4 Å². The van der Waals surface area contributed by atoms with Crippen LogP contribution in [0, 0.1) is 11.7 Å². The number of rotatable bonds is 3. The van der Waals surface area contributed by atoms with Gasteiger partial charge in [0.15, 0.2) is 11.6 Å². The Bertz CT molecular complexity index is 431. The zero-order valence-electron chi connectivity index (χ0n) is 10.3. The molecule has 0 saturated carbocycles. The second-order valence-electron chi connectivity index (χ2n) is 4.38. The van der Waals surface area contributed by atoms with E-state index >= 15 is 0 Å². The molecule has 1 amide bonds. The summed E-state index contributed by atoms with van der Waals surface area (Å²) in [5, 5.41) is 5.98. The smallest absolute Gasteiger partial charge is 0.228 e. The summed E-state index contributed by atoms with van der Waals surface area (Å²) in [6.45, 7) is 1.66. The number of nitrogens with one attached hydrogen (secondary N) is 2. The van der Waals surface area contributed by atoms with Crippen LogP contribution in [0.1, 0.15) is 12.8 Å². The lowest BCUT2D eigenvalue weighted by molar-refractivity contribution is -0.120. The summed E-state index contributed by atoms with van der Waals surface area (Å²) in [4.78, 5) is 12.0. The highest BCUT2D eigenvalue weighted by Crippen LogP contribution is 2.22. The fraction of sp³-hybridized carbons (Fsp3) is 0.462. The Morgan fingerprint density at radius 2 is 2.39 bits per heavy atom. The third kappa shape index (κ3) is 2.98. The van der Waals surface area contributed by atoms with Gasteiger partial charge in [-0.15, -0.1) is 0 Å². The SMILES string of the molecule is COc1cc(NC(=O)C2CCCNC2)ccc1F. The molecule has 0 spiro atoms. The van der Waals surface area contributed by atoms with Crippen molar-refractivity contribution in [3.8, 4) is 5.75 Å². The van der Waals surface area contributed by atoms with Gasteiger partial charge in [0.25, 0.3) is 0 Å². The Hall–Kier alpha value is -1.62. The molecule has 1 aliphatic heterocycles. The lowest BCUT2D eigenvalue weighted by atomic mass is 9.99. The van der Waals surface area contributed by atoms with Gasteiger partial charge in [0, 0.05) is 18.3 Å². The summed E-state index contributed by atoms with van der Waals surface area (Å²) in [7, 11) is 1.40. The third-order valence-electron chi connectivity index (χ3n) is 3.09. The fourth-order valence-corrected chi connectivity index (χ4v) is 2.06. The van der Waals surface area contributed by atoms with Crippen LogP contribution in [-0.2, 0) is 4.79 Å². The second-order valence-corrected chi connectivity index (χ2v) is 4.38. The number of amides is 1. The van der Waals surface area contributed by atoms with Crippen LogP contribution in [0.3, 0.4) is 0 Å². The molecule has 4 nitrogen and oxygen atoms in total. The standard InChI is InChI=1S/C13H17FN2O2/c1-18-12-7-10(4-5-11(12)14)16-13(17)9-3-2-6-15-8-9/h4-5,7,9,15H,2-3,6,8H2,1H3,(H,16,17). The zero-order chi connectivity index (χ0) is 13.0. The second kappa shape index (κ2) is 5.82. The third-order valence-corrected chi connectivity index (χ3v) is 3.09. The van der Waals surface area contributed by atoms with E-state index in [1.807, 2.05) is 0 Å². The molecule has 0 aromatic heterocycles. The van der Waals surface area contributed by atoms with Crippen molar-refractivity contribution in [1.29, 1.82) is 0 Å². The minimum absolute atomic E-state index is 0.0187. The van der Waals surface area contributed by atoms with E-state index in [4.69, 9.17) is 4.74 Å². The van der Waals surface area contributed by atoms with Crippen molar-refractivity contribution in [1.82, 2.24) is 5.32 Å². The highest BCUT2D eigenvalue weighted by atomic mass is 19.1. The average Bonchev–Trinajstić information content (AvgIpc) is 2.42. The summed E-state index contributed by atoms with van der Waals surface area (Å²) in [6, 6.07) is 4.31. The maximum absolute atomic E-state index is 13.2. The lowest BCUT2D eigenvalue weighted by Gasteiger charge is -2.22. The number of benzene rings is 1. The first-order valence-corrected chi connectivity index (χ1v) is 6.06. The number of carbonyl (C=O) groups excluding carboxylic acids is 1. The van der Waals surface area contributed by atoms with Gasteiger partial charge in [-0.3, -0.25) is 4.79 Å². The number of hydrogen-bond donors (Lipinski definition) is 2.